The van der Waals surface area contributed by atoms with Crippen LogP contribution in [0.4, 0.5) is 0 Å². The van der Waals surface area contributed by atoms with E-state index < -0.39 is 6.10 Å². The second-order valence-corrected chi connectivity index (χ2v) is 5.92. The molecule has 0 radical (unpaired) electrons. The third kappa shape index (κ3) is 5.18. The highest BCUT2D eigenvalue weighted by molar-refractivity contribution is 5.85. The van der Waals surface area contributed by atoms with E-state index in [9.17, 15) is 4.79 Å². The number of carbonyl (C=O) groups excluding carboxylic acids is 1. The minimum absolute atomic E-state index is 0. The summed E-state index contributed by atoms with van der Waals surface area (Å²) in [6.07, 6.45) is 1.33. The van der Waals surface area contributed by atoms with Gasteiger partial charge in [0.15, 0.2) is 6.10 Å². The Balaban J connectivity index is 0.00000242. The predicted molar refractivity (Wildman–Crippen MR) is 91.7 cm³/mol. The van der Waals surface area contributed by atoms with Crippen LogP contribution in [0.25, 0.3) is 0 Å². The fraction of sp³-hybridized carbons (Fsp3) is 0.588. The zero-order valence-corrected chi connectivity index (χ0v) is 14.4. The lowest BCUT2D eigenvalue weighted by molar-refractivity contribution is -0.129. The summed E-state index contributed by atoms with van der Waals surface area (Å²) in [6, 6.07) is 8.02. The number of ether oxygens (including phenoxy) is 1. The molecule has 1 saturated heterocycles. The Labute approximate surface area is 139 Å². The Hall–Kier alpha value is -1.26. The maximum atomic E-state index is 12.4. The Bertz CT molecular complexity index is 481. The van der Waals surface area contributed by atoms with Crippen LogP contribution in [-0.2, 0) is 4.79 Å². The van der Waals surface area contributed by atoms with Crippen molar-refractivity contribution in [3.63, 3.8) is 0 Å². The van der Waals surface area contributed by atoms with E-state index in [1.54, 1.807) is 0 Å². The van der Waals surface area contributed by atoms with Crippen LogP contribution in [0.15, 0.2) is 24.3 Å². The summed E-state index contributed by atoms with van der Waals surface area (Å²) in [6.45, 7) is 8.05. The number of benzene rings is 1. The Kier molecular flexibility index (Phi) is 7.69. The summed E-state index contributed by atoms with van der Waals surface area (Å²) in [4.78, 5) is 12.4. The number of hydrogen-bond donors (Lipinski definition) is 2. The molecule has 22 heavy (non-hydrogen) atoms. The second-order valence-electron chi connectivity index (χ2n) is 5.92. The topological polar surface area (TPSA) is 50.4 Å². The molecule has 1 aliphatic rings. The van der Waals surface area contributed by atoms with Crippen molar-refractivity contribution in [1.82, 2.24) is 10.6 Å². The molecule has 1 aromatic carbocycles. The second kappa shape index (κ2) is 9.01. The largest absolute Gasteiger partial charge is 0.481 e. The third-order valence-corrected chi connectivity index (χ3v) is 4.09. The third-order valence-electron chi connectivity index (χ3n) is 4.09. The van der Waals surface area contributed by atoms with Crippen LogP contribution in [0.1, 0.15) is 32.3 Å². The quantitative estimate of drug-likeness (QED) is 0.874. The lowest BCUT2D eigenvalue weighted by Crippen LogP contribution is -2.53. The average molecular weight is 327 g/mol. The van der Waals surface area contributed by atoms with Crippen molar-refractivity contribution in [3.05, 3.63) is 29.8 Å². The molecule has 0 aliphatic carbocycles. The molecule has 3 unspecified atom stereocenters. The molecular formula is C17H27ClN2O2. The van der Waals surface area contributed by atoms with Crippen molar-refractivity contribution >= 4 is 18.3 Å². The highest BCUT2D eigenvalue weighted by Gasteiger charge is 2.26. The van der Waals surface area contributed by atoms with E-state index in [0.29, 0.717) is 12.3 Å². The van der Waals surface area contributed by atoms with Gasteiger partial charge < -0.3 is 15.4 Å². The van der Waals surface area contributed by atoms with Crippen LogP contribution in [0.2, 0.25) is 0 Å². The van der Waals surface area contributed by atoms with Gasteiger partial charge >= 0.3 is 0 Å². The van der Waals surface area contributed by atoms with Gasteiger partial charge in [0.25, 0.3) is 5.91 Å². The van der Waals surface area contributed by atoms with Gasteiger partial charge in [-0.3, -0.25) is 4.79 Å². The van der Waals surface area contributed by atoms with E-state index in [-0.39, 0.29) is 24.4 Å². The molecule has 2 rings (SSSR count). The number of rotatable bonds is 5. The summed E-state index contributed by atoms with van der Waals surface area (Å²) in [7, 11) is 0. The number of hydrogen-bond acceptors (Lipinski definition) is 3. The summed E-state index contributed by atoms with van der Waals surface area (Å²) < 4.78 is 5.85. The van der Waals surface area contributed by atoms with Gasteiger partial charge in [0.2, 0.25) is 0 Å². The smallest absolute Gasteiger partial charge is 0.261 e. The molecule has 1 aliphatic heterocycles. The van der Waals surface area contributed by atoms with Crippen molar-refractivity contribution in [2.24, 2.45) is 5.92 Å². The van der Waals surface area contributed by atoms with Crippen LogP contribution in [0.3, 0.4) is 0 Å². The Morgan fingerprint density at radius 1 is 1.50 bits per heavy atom. The number of carbonyl (C=O) groups is 1. The van der Waals surface area contributed by atoms with Gasteiger partial charge in [-0.25, -0.2) is 0 Å². The first-order valence-electron chi connectivity index (χ1n) is 7.84. The minimum Gasteiger partial charge on any atom is -0.481 e. The molecule has 3 atom stereocenters. The number of amides is 1. The average Bonchev–Trinajstić information content (AvgIpc) is 2.47. The molecule has 2 N–H and O–H groups in total. The van der Waals surface area contributed by atoms with Gasteiger partial charge in [0.1, 0.15) is 5.75 Å². The van der Waals surface area contributed by atoms with Crippen LogP contribution >= 0.6 is 12.4 Å². The zero-order valence-electron chi connectivity index (χ0n) is 13.6. The number of halogens is 1. The fourth-order valence-electron chi connectivity index (χ4n) is 2.63. The van der Waals surface area contributed by atoms with Gasteiger partial charge in [-0.05, 0) is 49.9 Å². The Morgan fingerprint density at radius 2 is 2.27 bits per heavy atom. The van der Waals surface area contributed by atoms with Gasteiger partial charge in [-0.1, -0.05) is 26.0 Å². The van der Waals surface area contributed by atoms with Crippen LogP contribution in [0, 0.1) is 12.8 Å². The van der Waals surface area contributed by atoms with Gasteiger partial charge in [0.05, 0.1) is 0 Å². The summed E-state index contributed by atoms with van der Waals surface area (Å²) in [5.41, 5.74) is 1.13. The van der Waals surface area contributed by atoms with Crippen molar-refractivity contribution in [2.45, 2.75) is 45.8 Å². The van der Waals surface area contributed by atoms with Crippen LogP contribution < -0.4 is 15.4 Å². The molecule has 0 aromatic heterocycles. The summed E-state index contributed by atoms with van der Waals surface area (Å²) >= 11 is 0. The first-order chi connectivity index (χ1) is 10.1. The molecule has 124 valence electrons. The monoisotopic (exact) mass is 326 g/mol. The van der Waals surface area contributed by atoms with E-state index in [1.165, 1.54) is 0 Å². The molecule has 0 saturated carbocycles. The van der Waals surface area contributed by atoms with E-state index >= 15 is 0 Å². The van der Waals surface area contributed by atoms with Crippen LogP contribution in [-0.4, -0.2) is 31.1 Å². The minimum atomic E-state index is -0.430. The highest BCUT2D eigenvalue weighted by atomic mass is 35.5. The predicted octanol–water partition coefficient (Wildman–Crippen LogP) is 2.69. The number of aryl methyl sites for hydroxylation is 1. The molecule has 1 fully saturated rings. The summed E-state index contributed by atoms with van der Waals surface area (Å²) in [5.74, 6) is 1.25. The molecule has 4 nitrogen and oxygen atoms in total. The molecule has 0 spiro atoms. The van der Waals surface area contributed by atoms with Crippen molar-refractivity contribution in [2.75, 3.05) is 13.1 Å². The SMILES string of the molecule is CCC(Oc1cccc(C)c1)C(=O)NC1CNCCC1C.Cl. The Morgan fingerprint density at radius 3 is 2.91 bits per heavy atom. The first kappa shape index (κ1) is 18.8. The van der Waals surface area contributed by atoms with Gasteiger partial charge in [-0.15, -0.1) is 12.4 Å². The zero-order chi connectivity index (χ0) is 15.2. The molecule has 5 heteroatoms. The van der Waals surface area contributed by atoms with Crippen molar-refractivity contribution in [1.29, 1.82) is 0 Å². The lowest BCUT2D eigenvalue weighted by Gasteiger charge is -2.31. The number of nitrogens with one attached hydrogen (secondary N) is 2. The van der Waals surface area contributed by atoms with Gasteiger partial charge in [-0.2, -0.15) is 0 Å². The first-order valence-corrected chi connectivity index (χ1v) is 7.84. The number of piperidine rings is 1. The van der Waals surface area contributed by atoms with Crippen molar-refractivity contribution in [3.8, 4) is 5.75 Å². The van der Waals surface area contributed by atoms with Gasteiger partial charge in [0, 0.05) is 12.6 Å². The maximum absolute atomic E-state index is 12.4. The molecule has 1 aromatic rings. The maximum Gasteiger partial charge on any atom is 0.261 e. The molecule has 1 amide bonds. The standard InChI is InChI=1S/C17H26N2O2.ClH/c1-4-16(21-14-7-5-6-12(2)10-14)17(20)19-15-11-18-9-8-13(15)3;/h5-7,10,13,15-16,18H,4,8-9,11H2,1-3H3,(H,19,20);1H. The van der Waals surface area contributed by atoms with Crippen LogP contribution in [0.5, 0.6) is 5.75 Å². The molecular weight excluding hydrogens is 300 g/mol. The normalized spacial score (nSPS) is 22.3. The molecule has 1 heterocycles. The van der Waals surface area contributed by atoms with E-state index in [2.05, 4.69) is 17.6 Å². The molecule has 0 bridgehead atoms. The lowest BCUT2D eigenvalue weighted by atomic mass is 9.94. The highest BCUT2D eigenvalue weighted by Crippen LogP contribution is 2.16. The summed E-state index contributed by atoms with van der Waals surface area (Å²) in [5, 5.41) is 6.46. The van der Waals surface area contributed by atoms with E-state index in [4.69, 9.17) is 4.74 Å². The fourth-order valence-corrected chi connectivity index (χ4v) is 2.63. The van der Waals surface area contributed by atoms with E-state index in [1.807, 2.05) is 38.1 Å². The van der Waals surface area contributed by atoms with E-state index in [0.717, 1.165) is 30.8 Å². The van der Waals surface area contributed by atoms with Crippen molar-refractivity contribution < 1.29 is 9.53 Å².